The maximum Gasteiger partial charge on any atom is 0.140 e. The Balaban J connectivity index is 2.30. The fourth-order valence-corrected chi connectivity index (χ4v) is 2.56. The van der Waals surface area contributed by atoms with Crippen LogP contribution in [0.15, 0.2) is 5.16 Å². The monoisotopic (exact) mass is 227 g/mol. The number of rotatable bonds is 5. The Bertz CT molecular complexity index is 222. The van der Waals surface area contributed by atoms with Crippen LogP contribution in [0.25, 0.3) is 0 Å². The lowest BCUT2D eigenvalue weighted by molar-refractivity contribution is 0.139. The normalized spacial score (nSPS) is 22.2. The van der Waals surface area contributed by atoms with Crippen LogP contribution < -0.4 is 5.73 Å². The van der Waals surface area contributed by atoms with E-state index in [2.05, 4.69) is 23.9 Å². The molecule has 4 nitrogen and oxygen atoms in total. The van der Waals surface area contributed by atoms with Crippen molar-refractivity contribution >= 4 is 5.84 Å². The summed E-state index contributed by atoms with van der Waals surface area (Å²) in [5.41, 5.74) is 5.53. The van der Waals surface area contributed by atoms with Gasteiger partial charge in [0.25, 0.3) is 0 Å². The molecule has 1 rings (SSSR count). The van der Waals surface area contributed by atoms with Crippen LogP contribution in [0.1, 0.15) is 46.0 Å². The van der Waals surface area contributed by atoms with Gasteiger partial charge in [-0.25, -0.2) is 0 Å². The molecule has 0 aromatic heterocycles. The van der Waals surface area contributed by atoms with E-state index in [0.717, 1.165) is 19.0 Å². The van der Waals surface area contributed by atoms with Gasteiger partial charge in [0, 0.05) is 12.5 Å². The highest BCUT2D eigenvalue weighted by Gasteiger charge is 2.22. The minimum absolute atomic E-state index is 0.336. The predicted octanol–water partition coefficient (Wildman–Crippen LogP) is 2.02. The van der Waals surface area contributed by atoms with Crippen LogP contribution in [0.3, 0.4) is 0 Å². The molecule has 1 heterocycles. The Morgan fingerprint density at radius 1 is 1.50 bits per heavy atom. The molecule has 0 aromatic rings. The van der Waals surface area contributed by atoms with E-state index in [1.165, 1.54) is 25.7 Å². The van der Waals surface area contributed by atoms with Crippen LogP contribution in [-0.2, 0) is 0 Å². The first-order valence-corrected chi connectivity index (χ1v) is 6.37. The molecule has 0 aliphatic carbocycles. The highest BCUT2D eigenvalue weighted by molar-refractivity contribution is 5.80. The Morgan fingerprint density at radius 2 is 2.12 bits per heavy atom. The van der Waals surface area contributed by atoms with Gasteiger partial charge < -0.3 is 15.8 Å². The molecule has 1 saturated heterocycles. The van der Waals surface area contributed by atoms with E-state index < -0.39 is 0 Å². The molecule has 0 radical (unpaired) electrons. The molecule has 1 fully saturated rings. The third-order valence-corrected chi connectivity index (χ3v) is 3.60. The third-order valence-electron chi connectivity index (χ3n) is 3.60. The molecule has 0 bridgehead atoms. The molecule has 0 spiro atoms. The van der Waals surface area contributed by atoms with Crippen LogP contribution in [-0.4, -0.2) is 35.1 Å². The van der Waals surface area contributed by atoms with E-state index in [1.54, 1.807) is 0 Å². The number of nitrogens with two attached hydrogens (primary N) is 1. The van der Waals surface area contributed by atoms with Crippen molar-refractivity contribution in [2.75, 3.05) is 13.1 Å². The molecular weight excluding hydrogens is 202 g/mol. The Hall–Kier alpha value is -0.770. The predicted molar refractivity (Wildman–Crippen MR) is 66.7 cm³/mol. The van der Waals surface area contributed by atoms with Crippen molar-refractivity contribution in [3.8, 4) is 0 Å². The minimum Gasteiger partial charge on any atom is -0.409 e. The largest absolute Gasteiger partial charge is 0.409 e. The van der Waals surface area contributed by atoms with Crippen LogP contribution in [0.2, 0.25) is 0 Å². The number of piperidine rings is 1. The van der Waals surface area contributed by atoms with Crippen molar-refractivity contribution in [3.63, 3.8) is 0 Å². The molecule has 1 atom stereocenters. The van der Waals surface area contributed by atoms with E-state index in [-0.39, 0.29) is 0 Å². The summed E-state index contributed by atoms with van der Waals surface area (Å²) < 4.78 is 0. The smallest absolute Gasteiger partial charge is 0.140 e. The van der Waals surface area contributed by atoms with E-state index in [0.29, 0.717) is 18.3 Å². The van der Waals surface area contributed by atoms with Gasteiger partial charge in [-0.2, -0.15) is 0 Å². The lowest BCUT2D eigenvalue weighted by Gasteiger charge is -2.35. The fourth-order valence-electron chi connectivity index (χ4n) is 2.56. The summed E-state index contributed by atoms with van der Waals surface area (Å²) in [6.07, 6.45) is 5.92. The van der Waals surface area contributed by atoms with Crippen molar-refractivity contribution in [2.24, 2.45) is 16.8 Å². The van der Waals surface area contributed by atoms with E-state index >= 15 is 0 Å². The van der Waals surface area contributed by atoms with Crippen LogP contribution in [0.5, 0.6) is 0 Å². The highest BCUT2D eigenvalue weighted by atomic mass is 16.4. The molecule has 0 saturated carbocycles. The lowest BCUT2D eigenvalue weighted by Crippen LogP contribution is -2.41. The van der Waals surface area contributed by atoms with Crippen LogP contribution in [0.4, 0.5) is 0 Å². The van der Waals surface area contributed by atoms with E-state index in [9.17, 15) is 0 Å². The molecular formula is C12H25N3O. The zero-order valence-corrected chi connectivity index (χ0v) is 10.5. The Labute approximate surface area is 98.5 Å². The summed E-state index contributed by atoms with van der Waals surface area (Å²) in [6.45, 7) is 6.72. The van der Waals surface area contributed by atoms with Crippen molar-refractivity contribution < 1.29 is 5.21 Å². The number of nitrogens with zero attached hydrogens (tertiary/aromatic N) is 2. The summed E-state index contributed by atoms with van der Waals surface area (Å²) >= 11 is 0. The van der Waals surface area contributed by atoms with Crippen LogP contribution in [0, 0.1) is 5.92 Å². The maximum atomic E-state index is 8.54. The second-order valence-corrected chi connectivity index (χ2v) is 4.91. The Morgan fingerprint density at radius 3 is 2.62 bits per heavy atom. The first-order chi connectivity index (χ1) is 7.67. The standard InChI is InChI=1S/C12H25N3O/c1-3-4-11-5-7-15(8-6-11)10(2)9-12(13)14-16/h10-11,16H,3-9H2,1-2H3,(H2,13,14). The first-order valence-electron chi connectivity index (χ1n) is 6.37. The van der Waals surface area contributed by atoms with Gasteiger partial charge in [-0.05, 0) is 38.8 Å². The van der Waals surface area contributed by atoms with E-state index in [1.807, 2.05) is 0 Å². The zero-order valence-electron chi connectivity index (χ0n) is 10.5. The summed E-state index contributed by atoms with van der Waals surface area (Å²) in [5, 5.41) is 11.6. The highest BCUT2D eigenvalue weighted by Crippen LogP contribution is 2.23. The van der Waals surface area contributed by atoms with Crippen molar-refractivity contribution in [3.05, 3.63) is 0 Å². The van der Waals surface area contributed by atoms with Gasteiger partial charge in [-0.1, -0.05) is 24.9 Å². The summed E-state index contributed by atoms with van der Waals surface area (Å²) in [4.78, 5) is 2.45. The molecule has 0 aromatic carbocycles. The van der Waals surface area contributed by atoms with Crippen LogP contribution >= 0.6 is 0 Å². The van der Waals surface area contributed by atoms with Crippen molar-refractivity contribution in [1.29, 1.82) is 0 Å². The zero-order chi connectivity index (χ0) is 12.0. The number of amidine groups is 1. The molecule has 4 heteroatoms. The maximum absolute atomic E-state index is 8.54. The molecule has 94 valence electrons. The van der Waals surface area contributed by atoms with Gasteiger partial charge in [0.05, 0.1) is 0 Å². The van der Waals surface area contributed by atoms with Gasteiger partial charge in [-0.15, -0.1) is 0 Å². The average Bonchev–Trinajstić information content (AvgIpc) is 2.30. The second-order valence-electron chi connectivity index (χ2n) is 4.91. The van der Waals surface area contributed by atoms with Gasteiger partial charge in [0.2, 0.25) is 0 Å². The third kappa shape index (κ3) is 4.00. The molecule has 3 N–H and O–H groups in total. The van der Waals surface area contributed by atoms with Crippen molar-refractivity contribution in [1.82, 2.24) is 4.90 Å². The van der Waals surface area contributed by atoms with E-state index in [4.69, 9.17) is 10.9 Å². The van der Waals surface area contributed by atoms with Gasteiger partial charge in [-0.3, -0.25) is 0 Å². The number of hydrogen-bond acceptors (Lipinski definition) is 3. The Kier molecular flexibility index (Phi) is 5.60. The fraction of sp³-hybridized carbons (Fsp3) is 0.917. The molecule has 16 heavy (non-hydrogen) atoms. The number of oxime groups is 1. The quantitative estimate of drug-likeness (QED) is 0.327. The molecule has 1 aliphatic rings. The minimum atomic E-state index is 0.336. The first kappa shape index (κ1) is 13.3. The average molecular weight is 227 g/mol. The summed E-state index contributed by atoms with van der Waals surface area (Å²) in [5.74, 6) is 1.25. The molecule has 0 amide bonds. The lowest BCUT2D eigenvalue weighted by atomic mass is 9.91. The summed E-state index contributed by atoms with van der Waals surface area (Å²) in [7, 11) is 0. The van der Waals surface area contributed by atoms with Gasteiger partial charge >= 0.3 is 0 Å². The van der Waals surface area contributed by atoms with Crippen molar-refractivity contribution in [2.45, 2.75) is 52.0 Å². The molecule has 1 aliphatic heterocycles. The topological polar surface area (TPSA) is 61.8 Å². The van der Waals surface area contributed by atoms with Gasteiger partial charge in [0.15, 0.2) is 0 Å². The molecule has 1 unspecified atom stereocenters. The number of likely N-dealkylation sites (tertiary alicyclic amines) is 1. The SMILES string of the molecule is CCCC1CCN(C(C)CC(N)=NO)CC1. The second kappa shape index (κ2) is 6.74. The summed E-state index contributed by atoms with van der Waals surface area (Å²) in [6, 6.07) is 0.387. The number of hydrogen-bond donors (Lipinski definition) is 2. The van der Waals surface area contributed by atoms with Gasteiger partial charge in [0.1, 0.15) is 5.84 Å².